The van der Waals surface area contributed by atoms with Gasteiger partial charge in [-0.1, -0.05) is 30.3 Å². The number of H-pyrrole nitrogens is 1. The number of fused-ring (bicyclic) bond motifs is 1. The molecule has 0 amide bonds. The van der Waals surface area contributed by atoms with Crippen LogP contribution in [0.25, 0.3) is 5.65 Å². The van der Waals surface area contributed by atoms with E-state index in [1.54, 1.807) is 6.92 Å². The molecule has 0 aliphatic rings. The van der Waals surface area contributed by atoms with Gasteiger partial charge in [0.15, 0.2) is 5.65 Å². The molecule has 3 aromatic rings. The maximum absolute atomic E-state index is 12.5. The SMILES string of the molecule is Cc1[nH]n2c(=O)c(Cc3ccccc3)nnc2c1CC(=O)O. The van der Waals surface area contributed by atoms with Gasteiger partial charge in [-0.25, -0.2) is 0 Å². The second kappa shape index (κ2) is 5.44. The number of carbonyl (C=O) groups is 1. The van der Waals surface area contributed by atoms with Crippen LogP contribution in [0.2, 0.25) is 0 Å². The van der Waals surface area contributed by atoms with Gasteiger partial charge in [-0.15, -0.1) is 10.2 Å². The highest BCUT2D eigenvalue weighted by molar-refractivity contribution is 5.73. The Morgan fingerprint density at radius 1 is 1.27 bits per heavy atom. The first-order valence-electron chi connectivity index (χ1n) is 6.77. The predicted octanol–water partition coefficient (Wildman–Crippen LogP) is 0.944. The minimum Gasteiger partial charge on any atom is -0.481 e. The molecule has 22 heavy (non-hydrogen) atoms. The van der Waals surface area contributed by atoms with Gasteiger partial charge in [0, 0.05) is 17.7 Å². The highest BCUT2D eigenvalue weighted by Crippen LogP contribution is 2.12. The van der Waals surface area contributed by atoms with Gasteiger partial charge in [0.25, 0.3) is 5.56 Å². The van der Waals surface area contributed by atoms with Crippen molar-refractivity contribution in [1.82, 2.24) is 19.8 Å². The predicted molar refractivity (Wildman–Crippen MR) is 78.9 cm³/mol. The van der Waals surface area contributed by atoms with E-state index in [1.165, 1.54) is 4.52 Å². The minimum absolute atomic E-state index is 0.203. The lowest BCUT2D eigenvalue weighted by Gasteiger charge is -2.00. The third-order valence-electron chi connectivity index (χ3n) is 3.47. The summed E-state index contributed by atoms with van der Waals surface area (Å²) in [4.78, 5) is 23.4. The largest absolute Gasteiger partial charge is 0.481 e. The van der Waals surface area contributed by atoms with Gasteiger partial charge in [-0.2, -0.15) is 4.52 Å². The number of aliphatic carboxylic acids is 1. The van der Waals surface area contributed by atoms with E-state index in [1.807, 2.05) is 30.3 Å². The number of hydrogen-bond acceptors (Lipinski definition) is 4. The Balaban J connectivity index is 2.07. The molecule has 0 aliphatic heterocycles. The summed E-state index contributed by atoms with van der Waals surface area (Å²) < 4.78 is 1.26. The molecule has 2 N–H and O–H groups in total. The molecule has 0 aliphatic carbocycles. The number of carboxylic acid groups (broad SMARTS) is 1. The molecule has 3 rings (SSSR count). The van der Waals surface area contributed by atoms with Gasteiger partial charge in [0.05, 0.1) is 6.42 Å². The highest BCUT2D eigenvalue weighted by atomic mass is 16.4. The fourth-order valence-electron chi connectivity index (χ4n) is 2.39. The lowest BCUT2D eigenvalue weighted by molar-refractivity contribution is -0.136. The number of hydrogen-bond donors (Lipinski definition) is 2. The van der Waals surface area contributed by atoms with Crippen molar-refractivity contribution in [1.29, 1.82) is 0 Å². The van der Waals surface area contributed by atoms with Gasteiger partial charge in [-0.3, -0.25) is 14.7 Å². The van der Waals surface area contributed by atoms with E-state index in [0.29, 0.717) is 23.4 Å². The van der Waals surface area contributed by atoms with E-state index in [2.05, 4.69) is 15.3 Å². The van der Waals surface area contributed by atoms with Gasteiger partial charge in [-0.05, 0) is 12.5 Å². The van der Waals surface area contributed by atoms with E-state index >= 15 is 0 Å². The van der Waals surface area contributed by atoms with Crippen molar-refractivity contribution < 1.29 is 9.90 Å². The smallest absolute Gasteiger partial charge is 0.308 e. The summed E-state index contributed by atoms with van der Waals surface area (Å²) in [7, 11) is 0. The van der Waals surface area contributed by atoms with E-state index in [-0.39, 0.29) is 17.6 Å². The molecule has 0 saturated carbocycles. The van der Waals surface area contributed by atoms with E-state index in [4.69, 9.17) is 5.11 Å². The van der Waals surface area contributed by atoms with Crippen LogP contribution in [0.1, 0.15) is 22.5 Å². The zero-order chi connectivity index (χ0) is 15.7. The van der Waals surface area contributed by atoms with Crippen LogP contribution in [-0.4, -0.2) is 30.9 Å². The zero-order valence-corrected chi connectivity index (χ0v) is 11.9. The summed E-state index contributed by atoms with van der Waals surface area (Å²) in [6.45, 7) is 1.71. The summed E-state index contributed by atoms with van der Waals surface area (Å²) in [6.07, 6.45) is 0.174. The molecule has 1 aromatic carbocycles. The van der Waals surface area contributed by atoms with Crippen molar-refractivity contribution in [2.45, 2.75) is 19.8 Å². The van der Waals surface area contributed by atoms with Crippen LogP contribution in [0.15, 0.2) is 35.1 Å². The third kappa shape index (κ3) is 2.48. The first kappa shape index (κ1) is 14.0. The first-order chi connectivity index (χ1) is 10.6. The van der Waals surface area contributed by atoms with Crippen LogP contribution < -0.4 is 5.56 Å². The molecule has 0 fully saturated rings. The Kier molecular flexibility index (Phi) is 3.46. The monoisotopic (exact) mass is 298 g/mol. The molecule has 0 radical (unpaired) electrons. The van der Waals surface area contributed by atoms with Crippen LogP contribution in [0, 0.1) is 6.92 Å². The first-order valence-corrected chi connectivity index (χ1v) is 6.77. The molecule has 0 spiro atoms. The van der Waals surface area contributed by atoms with Crippen LogP contribution in [0.4, 0.5) is 0 Å². The fourth-order valence-corrected chi connectivity index (χ4v) is 2.39. The molecular weight excluding hydrogens is 284 g/mol. The number of aromatic amines is 1. The second-order valence-electron chi connectivity index (χ2n) is 5.06. The van der Waals surface area contributed by atoms with Crippen molar-refractivity contribution >= 4 is 11.6 Å². The molecule has 112 valence electrons. The maximum Gasteiger partial charge on any atom is 0.308 e. The number of aromatic nitrogens is 4. The normalized spacial score (nSPS) is 11.0. The molecule has 2 heterocycles. The average Bonchev–Trinajstić information content (AvgIpc) is 2.80. The lowest BCUT2D eigenvalue weighted by Crippen LogP contribution is -2.22. The number of benzene rings is 1. The van der Waals surface area contributed by atoms with Gasteiger partial charge < -0.3 is 5.11 Å². The van der Waals surface area contributed by atoms with Crippen LogP contribution in [0.5, 0.6) is 0 Å². The molecule has 7 heteroatoms. The van der Waals surface area contributed by atoms with E-state index in [0.717, 1.165) is 5.56 Å². The standard InChI is InChI=1S/C15H14N4O3/c1-9-11(8-13(20)21)14-17-16-12(15(22)19(14)18-9)7-10-5-3-2-4-6-10/h2-6,18H,7-8H2,1H3,(H,20,21). The Morgan fingerprint density at radius 2 is 2.00 bits per heavy atom. The molecule has 0 bridgehead atoms. The Morgan fingerprint density at radius 3 is 2.68 bits per heavy atom. The van der Waals surface area contributed by atoms with Crippen molar-refractivity contribution in [2.75, 3.05) is 0 Å². The molecule has 2 aromatic heterocycles. The van der Waals surface area contributed by atoms with Gasteiger partial charge in [0.1, 0.15) is 5.69 Å². The fraction of sp³-hybridized carbons (Fsp3) is 0.200. The number of aryl methyl sites for hydroxylation is 1. The van der Waals surface area contributed by atoms with Crippen LogP contribution in [0.3, 0.4) is 0 Å². The highest BCUT2D eigenvalue weighted by Gasteiger charge is 2.17. The summed E-state index contributed by atoms with van der Waals surface area (Å²) in [5.74, 6) is -0.979. The average molecular weight is 298 g/mol. The van der Waals surface area contributed by atoms with E-state index < -0.39 is 5.97 Å². The van der Waals surface area contributed by atoms with Gasteiger partial charge >= 0.3 is 5.97 Å². The number of rotatable bonds is 4. The molecule has 7 nitrogen and oxygen atoms in total. The molecule has 0 unspecified atom stereocenters. The second-order valence-corrected chi connectivity index (χ2v) is 5.06. The van der Waals surface area contributed by atoms with Crippen LogP contribution in [-0.2, 0) is 17.6 Å². The number of carboxylic acids is 1. The van der Waals surface area contributed by atoms with Crippen LogP contribution >= 0.6 is 0 Å². The Labute approximate surface area is 125 Å². The third-order valence-corrected chi connectivity index (χ3v) is 3.47. The summed E-state index contributed by atoms with van der Waals surface area (Å²) >= 11 is 0. The van der Waals surface area contributed by atoms with Gasteiger partial charge in [0.2, 0.25) is 0 Å². The molecule has 0 saturated heterocycles. The van der Waals surface area contributed by atoms with Crippen molar-refractivity contribution in [3.63, 3.8) is 0 Å². The molecule has 0 atom stereocenters. The summed E-state index contributed by atoms with van der Waals surface area (Å²) in [5, 5.41) is 19.8. The van der Waals surface area contributed by atoms with Crippen molar-refractivity contribution in [2.24, 2.45) is 0 Å². The topological polar surface area (TPSA) is 100 Å². The summed E-state index contributed by atoms with van der Waals surface area (Å²) in [6, 6.07) is 9.50. The molecular formula is C15H14N4O3. The van der Waals surface area contributed by atoms with Crippen molar-refractivity contribution in [3.05, 3.63) is 63.2 Å². The Bertz CT molecular complexity index is 896. The minimum atomic E-state index is -0.979. The zero-order valence-electron chi connectivity index (χ0n) is 11.9. The summed E-state index contributed by atoms with van der Waals surface area (Å²) in [5.41, 5.74) is 2.30. The Hall–Kier alpha value is -2.96. The van der Waals surface area contributed by atoms with E-state index in [9.17, 15) is 9.59 Å². The van der Waals surface area contributed by atoms with Crippen molar-refractivity contribution in [3.8, 4) is 0 Å². The quantitative estimate of drug-likeness (QED) is 0.746. The number of nitrogens with one attached hydrogen (secondary N) is 1. The maximum atomic E-state index is 12.5. The number of nitrogens with zero attached hydrogens (tertiary/aromatic N) is 3. The lowest BCUT2D eigenvalue weighted by atomic mass is 10.1.